The Kier molecular flexibility index (Phi) is 5.24. The molecule has 24 heavy (non-hydrogen) atoms. The average molecular weight is 359 g/mol. The lowest BCUT2D eigenvalue weighted by atomic mass is 10.2. The Morgan fingerprint density at radius 2 is 1.92 bits per heavy atom. The first kappa shape index (κ1) is 16.6. The number of imidazole rings is 1. The maximum absolute atomic E-state index is 6.11. The fourth-order valence-electron chi connectivity index (χ4n) is 2.23. The molecule has 0 atom stereocenters. The number of ether oxygens (including phenoxy) is 1. The number of benzene rings is 2. The van der Waals surface area contributed by atoms with Crippen LogP contribution < -0.4 is 4.74 Å². The predicted octanol–water partition coefficient (Wildman–Crippen LogP) is 6.00. The first-order chi connectivity index (χ1) is 11.6. The van der Waals surface area contributed by atoms with Gasteiger partial charge in [-0.05, 0) is 42.8 Å². The van der Waals surface area contributed by atoms with E-state index in [1.807, 2.05) is 37.4 Å². The lowest BCUT2D eigenvalue weighted by molar-refractivity contribution is 0.483. The fourth-order valence-corrected chi connectivity index (χ4v) is 2.68. The van der Waals surface area contributed by atoms with E-state index in [0.29, 0.717) is 15.8 Å². The molecule has 0 aliphatic carbocycles. The Labute approximate surface area is 151 Å². The molecule has 5 heteroatoms. The molecule has 2 aromatic carbocycles. The summed E-state index contributed by atoms with van der Waals surface area (Å²) in [6.45, 7) is 2.78. The molecule has 3 rings (SSSR count). The topological polar surface area (TPSA) is 27.1 Å². The van der Waals surface area contributed by atoms with Crippen molar-refractivity contribution in [1.29, 1.82) is 0 Å². The summed E-state index contributed by atoms with van der Waals surface area (Å²) < 4.78 is 7.85. The average Bonchev–Trinajstić information content (AvgIpc) is 2.97. The van der Waals surface area contributed by atoms with Gasteiger partial charge < -0.3 is 9.30 Å². The van der Waals surface area contributed by atoms with Crippen molar-refractivity contribution in [2.24, 2.45) is 0 Å². The highest BCUT2D eigenvalue weighted by molar-refractivity contribution is 6.35. The van der Waals surface area contributed by atoms with Gasteiger partial charge in [0.1, 0.15) is 17.3 Å². The number of halogens is 2. The van der Waals surface area contributed by atoms with Gasteiger partial charge >= 0.3 is 0 Å². The highest BCUT2D eigenvalue weighted by Gasteiger charge is 2.03. The second-order valence-electron chi connectivity index (χ2n) is 5.28. The summed E-state index contributed by atoms with van der Waals surface area (Å²) in [6, 6.07) is 13.0. The molecule has 0 aliphatic heterocycles. The molecule has 0 saturated carbocycles. The second kappa shape index (κ2) is 7.56. The van der Waals surface area contributed by atoms with Crippen LogP contribution in [0.25, 0.3) is 6.08 Å². The Morgan fingerprint density at radius 1 is 1.12 bits per heavy atom. The van der Waals surface area contributed by atoms with Gasteiger partial charge in [0.15, 0.2) is 0 Å². The van der Waals surface area contributed by atoms with Crippen molar-refractivity contribution in [2.45, 2.75) is 13.5 Å². The zero-order valence-electron chi connectivity index (χ0n) is 13.1. The fraction of sp³-hybridized carbons (Fsp3) is 0.105. The van der Waals surface area contributed by atoms with Gasteiger partial charge in [-0.1, -0.05) is 47.5 Å². The van der Waals surface area contributed by atoms with Crippen LogP contribution in [0.15, 0.2) is 60.9 Å². The SMILES string of the molecule is Cc1nccn1C/C=C\c1ccc(Oc2ccc(Cl)cc2Cl)cc1. The standard InChI is InChI=1S/C19H16Cl2N2O/c1-14-22-10-12-23(14)11-2-3-15-4-7-17(8-5-15)24-19-9-6-16(20)13-18(19)21/h2-10,12-13H,11H2,1H3/b3-2-. The van der Waals surface area contributed by atoms with Crippen LogP contribution in [-0.2, 0) is 6.54 Å². The molecule has 0 aliphatic rings. The highest BCUT2D eigenvalue weighted by atomic mass is 35.5. The molecule has 3 aromatic rings. The molecule has 3 nitrogen and oxygen atoms in total. The lowest BCUT2D eigenvalue weighted by Gasteiger charge is -2.08. The van der Waals surface area contributed by atoms with Crippen molar-refractivity contribution < 1.29 is 4.74 Å². The van der Waals surface area contributed by atoms with Gasteiger partial charge in [-0.25, -0.2) is 4.98 Å². The molecule has 0 saturated heterocycles. The summed E-state index contributed by atoms with van der Waals surface area (Å²) in [7, 11) is 0. The first-order valence-corrected chi connectivity index (χ1v) is 8.24. The zero-order valence-corrected chi connectivity index (χ0v) is 14.6. The Bertz CT molecular complexity index is 854. The van der Waals surface area contributed by atoms with E-state index in [4.69, 9.17) is 27.9 Å². The molecule has 0 unspecified atom stereocenters. The van der Waals surface area contributed by atoms with E-state index in [1.165, 1.54) is 0 Å². The molecule has 0 N–H and O–H groups in total. The highest BCUT2D eigenvalue weighted by Crippen LogP contribution is 2.31. The minimum Gasteiger partial charge on any atom is -0.456 e. The monoisotopic (exact) mass is 358 g/mol. The molecule has 0 radical (unpaired) electrons. The van der Waals surface area contributed by atoms with Crippen molar-refractivity contribution >= 4 is 29.3 Å². The summed E-state index contributed by atoms with van der Waals surface area (Å²) >= 11 is 12.0. The van der Waals surface area contributed by atoms with E-state index >= 15 is 0 Å². The van der Waals surface area contributed by atoms with Gasteiger partial charge in [0.2, 0.25) is 0 Å². The van der Waals surface area contributed by atoms with E-state index in [1.54, 1.807) is 24.4 Å². The first-order valence-electron chi connectivity index (χ1n) is 7.49. The summed E-state index contributed by atoms with van der Waals surface area (Å²) in [4.78, 5) is 4.20. The van der Waals surface area contributed by atoms with Gasteiger partial charge in [0, 0.05) is 24.0 Å². The van der Waals surface area contributed by atoms with Gasteiger partial charge in [0.25, 0.3) is 0 Å². The summed E-state index contributed by atoms with van der Waals surface area (Å²) in [5, 5.41) is 1.07. The zero-order chi connectivity index (χ0) is 16.9. The van der Waals surface area contributed by atoms with Crippen LogP contribution in [0.2, 0.25) is 10.0 Å². The number of rotatable bonds is 5. The third-order valence-corrected chi connectivity index (χ3v) is 4.07. The van der Waals surface area contributed by atoms with Gasteiger partial charge in [-0.3, -0.25) is 0 Å². The molecule has 0 amide bonds. The molecular formula is C19H16Cl2N2O. The molecule has 1 aromatic heterocycles. The minimum atomic E-state index is 0.488. The number of hydrogen-bond acceptors (Lipinski definition) is 2. The largest absolute Gasteiger partial charge is 0.456 e. The molecule has 1 heterocycles. The van der Waals surface area contributed by atoms with Crippen molar-refractivity contribution in [3.8, 4) is 11.5 Å². The normalized spacial score (nSPS) is 11.1. The quantitative estimate of drug-likeness (QED) is 0.558. The van der Waals surface area contributed by atoms with Crippen LogP contribution >= 0.6 is 23.2 Å². The molecule has 0 bridgehead atoms. The van der Waals surface area contributed by atoms with Crippen molar-refractivity contribution in [2.75, 3.05) is 0 Å². The maximum atomic E-state index is 6.11. The third-order valence-electron chi connectivity index (χ3n) is 3.54. The van der Waals surface area contributed by atoms with E-state index < -0.39 is 0 Å². The van der Waals surface area contributed by atoms with Crippen molar-refractivity contribution in [1.82, 2.24) is 9.55 Å². The van der Waals surface area contributed by atoms with Gasteiger partial charge in [0.05, 0.1) is 5.02 Å². The van der Waals surface area contributed by atoms with E-state index in [0.717, 1.165) is 23.7 Å². The molecule has 0 spiro atoms. The van der Waals surface area contributed by atoms with Crippen LogP contribution in [0.5, 0.6) is 11.5 Å². The van der Waals surface area contributed by atoms with Crippen LogP contribution in [-0.4, -0.2) is 9.55 Å². The van der Waals surface area contributed by atoms with Gasteiger partial charge in [-0.15, -0.1) is 0 Å². The smallest absolute Gasteiger partial charge is 0.146 e. The number of hydrogen-bond donors (Lipinski definition) is 0. The number of aromatic nitrogens is 2. The summed E-state index contributed by atoms with van der Waals surface area (Å²) in [6.07, 6.45) is 7.93. The summed E-state index contributed by atoms with van der Waals surface area (Å²) in [5.41, 5.74) is 1.10. The molecule has 122 valence electrons. The van der Waals surface area contributed by atoms with Crippen LogP contribution in [0.4, 0.5) is 0 Å². The number of aryl methyl sites for hydroxylation is 1. The van der Waals surface area contributed by atoms with E-state index in [-0.39, 0.29) is 0 Å². The minimum absolute atomic E-state index is 0.488. The van der Waals surface area contributed by atoms with Crippen molar-refractivity contribution in [3.05, 3.63) is 82.4 Å². The Morgan fingerprint density at radius 3 is 2.58 bits per heavy atom. The summed E-state index contributed by atoms with van der Waals surface area (Å²) in [5.74, 6) is 2.31. The number of allylic oxidation sites excluding steroid dienone is 1. The van der Waals surface area contributed by atoms with E-state index in [9.17, 15) is 0 Å². The van der Waals surface area contributed by atoms with Gasteiger partial charge in [-0.2, -0.15) is 0 Å². The lowest BCUT2D eigenvalue weighted by Crippen LogP contribution is -1.95. The molecular weight excluding hydrogens is 343 g/mol. The van der Waals surface area contributed by atoms with Crippen molar-refractivity contribution in [3.63, 3.8) is 0 Å². The van der Waals surface area contributed by atoms with Crippen LogP contribution in [0.3, 0.4) is 0 Å². The number of nitrogens with zero attached hydrogens (tertiary/aromatic N) is 2. The second-order valence-corrected chi connectivity index (χ2v) is 6.12. The van der Waals surface area contributed by atoms with E-state index in [2.05, 4.69) is 21.7 Å². The third kappa shape index (κ3) is 4.19. The maximum Gasteiger partial charge on any atom is 0.146 e. The van der Waals surface area contributed by atoms with Crippen LogP contribution in [0, 0.1) is 6.92 Å². The van der Waals surface area contributed by atoms with Crippen LogP contribution in [0.1, 0.15) is 11.4 Å². The predicted molar refractivity (Wildman–Crippen MR) is 99.0 cm³/mol. The molecule has 0 fully saturated rings. The Balaban J connectivity index is 1.63. The Hall–Kier alpha value is -2.23.